The molecule has 0 aromatic rings. The van der Waals surface area contributed by atoms with E-state index in [0.29, 0.717) is 24.4 Å². The van der Waals surface area contributed by atoms with Crippen LogP contribution in [0.15, 0.2) is 0 Å². The first-order valence-electron chi connectivity index (χ1n) is 5.88. The summed E-state index contributed by atoms with van der Waals surface area (Å²) < 4.78 is 10.5. The van der Waals surface area contributed by atoms with Gasteiger partial charge in [-0.2, -0.15) is 12.8 Å². The molecular formula is C12H18O2Y-2. The number of fused-ring (bicyclic) bond motifs is 2. The average Bonchev–Trinajstić information content (AvgIpc) is 3.13. The van der Waals surface area contributed by atoms with E-state index in [2.05, 4.69) is 12.8 Å². The summed E-state index contributed by atoms with van der Waals surface area (Å²) >= 11 is 0. The minimum Gasteiger partial charge on any atom is -0.372 e. The molecule has 2 saturated carbocycles. The first-order chi connectivity index (χ1) is 6.93. The molecule has 2 nitrogen and oxygen atoms in total. The van der Waals surface area contributed by atoms with Crippen LogP contribution in [0.1, 0.15) is 38.5 Å². The fourth-order valence-corrected chi connectivity index (χ4v) is 2.41. The van der Waals surface area contributed by atoms with E-state index in [1.807, 2.05) is 0 Å². The van der Waals surface area contributed by atoms with Crippen molar-refractivity contribution < 1.29 is 42.2 Å². The van der Waals surface area contributed by atoms with Crippen LogP contribution in [0.3, 0.4) is 0 Å². The molecular weight excluding hydrogens is 265 g/mol. The van der Waals surface area contributed by atoms with Crippen LogP contribution in [-0.2, 0) is 42.2 Å². The molecule has 0 spiro atoms. The summed E-state index contributed by atoms with van der Waals surface area (Å²) in [4.78, 5) is 0. The van der Waals surface area contributed by atoms with Crippen LogP contribution < -0.4 is 0 Å². The van der Waals surface area contributed by atoms with Gasteiger partial charge in [0.15, 0.2) is 0 Å². The van der Waals surface area contributed by atoms with E-state index in [0.717, 1.165) is 0 Å². The molecule has 15 heavy (non-hydrogen) atoms. The molecule has 0 aromatic heterocycles. The number of epoxide rings is 2. The summed E-state index contributed by atoms with van der Waals surface area (Å²) in [5.74, 6) is 0. The normalized spacial score (nSPS) is 44.8. The topological polar surface area (TPSA) is 25.1 Å². The Labute approximate surface area is 117 Å². The Morgan fingerprint density at radius 1 is 0.733 bits per heavy atom. The smallest absolute Gasteiger partial charge is 0.0791 e. The third-order valence-corrected chi connectivity index (χ3v) is 3.48. The van der Waals surface area contributed by atoms with Crippen molar-refractivity contribution in [3.8, 4) is 0 Å². The zero-order chi connectivity index (χ0) is 9.38. The van der Waals surface area contributed by atoms with Gasteiger partial charge in [-0.05, 0) is 0 Å². The van der Waals surface area contributed by atoms with Crippen molar-refractivity contribution in [3.63, 3.8) is 0 Å². The molecule has 0 N–H and O–H groups in total. The van der Waals surface area contributed by atoms with Crippen molar-refractivity contribution in [2.45, 2.75) is 62.9 Å². The van der Waals surface area contributed by atoms with Gasteiger partial charge in [0.2, 0.25) is 0 Å². The van der Waals surface area contributed by atoms with Crippen LogP contribution in [0.5, 0.6) is 0 Å². The van der Waals surface area contributed by atoms with E-state index >= 15 is 0 Å². The number of rotatable bonds is 0. The van der Waals surface area contributed by atoms with E-state index in [1.165, 1.54) is 38.5 Å². The van der Waals surface area contributed by atoms with Crippen molar-refractivity contribution >= 4 is 0 Å². The van der Waals surface area contributed by atoms with E-state index in [9.17, 15) is 0 Å². The monoisotopic (exact) mass is 283 g/mol. The maximum Gasteiger partial charge on any atom is 0.0791 e. The molecule has 4 aliphatic rings. The summed E-state index contributed by atoms with van der Waals surface area (Å²) in [7, 11) is 0. The Bertz CT molecular complexity index is 168. The minimum atomic E-state index is 0. The quantitative estimate of drug-likeness (QED) is 0.503. The number of hydrogen-bond acceptors (Lipinski definition) is 2. The standard InChI is InChI=1S/2C6H9O.Y/c2*1-2-4-6-5(3-1)7-6;/h2*1,5-6H,2-4H2;/q2*-1;. The molecule has 0 bridgehead atoms. The third-order valence-electron chi connectivity index (χ3n) is 3.48. The molecule has 2 saturated heterocycles. The van der Waals surface area contributed by atoms with E-state index in [-0.39, 0.29) is 32.7 Å². The number of hydrogen-bond donors (Lipinski definition) is 0. The third kappa shape index (κ3) is 3.49. The van der Waals surface area contributed by atoms with Crippen LogP contribution in [0.25, 0.3) is 0 Å². The van der Waals surface area contributed by atoms with Crippen LogP contribution in [-0.4, -0.2) is 24.4 Å². The van der Waals surface area contributed by atoms with Crippen molar-refractivity contribution in [3.05, 3.63) is 12.8 Å². The largest absolute Gasteiger partial charge is 0.372 e. The summed E-state index contributed by atoms with van der Waals surface area (Å²) in [5.41, 5.74) is 0. The van der Waals surface area contributed by atoms with Crippen molar-refractivity contribution in [1.29, 1.82) is 0 Å². The summed E-state index contributed by atoms with van der Waals surface area (Å²) in [6.45, 7) is 0. The van der Waals surface area contributed by atoms with Gasteiger partial charge in [-0.3, -0.25) is 0 Å². The maximum atomic E-state index is 5.25. The van der Waals surface area contributed by atoms with Crippen LogP contribution >= 0.6 is 0 Å². The Hall–Kier alpha value is 1.02. The molecule has 4 atom stereocenters. The van der Waals surface area contributed by atoms with E-state index in [1.54, 1.807) is 0 Å². The maximum absolute atomic E-state index is 5.25. The summed E-state index contributed by atoms with van der Waals surface area (Å²) in [6, 6.07) is 0. The Balaban J connectivity index is 0.000000107. The van der Waals surface area contributed by atoms with Gasteiger partial charge in [0, 0.05) is 32.7 Å². The van der Waals surface area contributed by atoms with Gasteiger partial charge < -0.3 is 22.3 Å². The van der Waals surface area contributed by atoms with Gasteiger partial charge in [-0.1, -0.05) is 12.8 Å². The summed E-state index contributed by atoms with van der Waals surface area (Å²) in [5, 5.41) is 0. The first-order valence-corrected chi connectivity index (χ1v) is 5.88. The molecule has 4 rings (SSSR count). The summed E-state index contributed by atoms with van der Waals surface area (Å²) in [6.07, 6.45) is 14.8. The fourth-order valence-electron chi connectivity index (χ4n) is 2.41. The van der Waals surface area contributed by atoms with E-state index in [4.69, 9.17) is 9.47 Å². The Morgan fingerprint density at radius 2 is 1.20 bits per heavy atom. The molecule has 4 fully saturated rings. The van der Waals surface area contributed by atoms with Gasteiger partial charge in [0.1, 0.15) is 0 Å². The predicted octanol–water partition coefficient (Wildman–Crippen LogP) is 2.28. The molecule has 0 amide bonds. The van der Waals surface area contributed by atoms with E-state index < -0.39 is 0 Å². The second kappa shape index (κ2) is 5.57. The Morgan fingerprint density at radius 3 is 1.47 bits per heavy atom. The first kappa shape index (κ1) is 12.5. The van der Waals surface area contributed by atoms with Gasteiger partial charge in [0.25, 0.3) is 0 Å². The number of ether oxygens (including phenoxy) is 2. The Kier molecular flexibility index (Phi) is 4.64. The average molecular weight is 283 g/mol. The molecule has 3 heteroatoms. The molecule has 0 aromatic carbocycles. The van der Waals surface area contributed by atoms with Gasteiger partial charge in [0.05, 0.1) is 24.4 Å². The zero-order valence-electron chi connectivity index (χ0n) is 9.10. The molecule has 2 aliphatic carbocycles. The van der Waals surface area contributed by atoms with Gasteiger partial charge >= 0.3 is 0 Å². The molecule has 4 unspecified atom stereocenters. The van der Waals surface area contributed by atoms with Crippen LogP contribution in [0.2, 0.25) is 0 Å². The van der Waals surface area contributed by atoms with Crippen molar-refractivity contribution in [2.75, 3.05) is 0 Å². The predicted molar refractivity (Wildman–Crippen MR) is 53.6 cm³/mol. The molecule has 1 radical (unpaired) electrons. The van der Waals surface area contributed by atoms with Crippen LogP contribution in [0.4, 0.5) is 0 Å². The second-order valence-corrected chi connectivity index (χ2v) is 4.63. The SMILES string of the molecule is [CH-]1CCC2OC2C1.[CH-]1CCC2OC2C1.[Y]. The second-order valence-electron chi connectivity index (χ2n) is 4.63. The fraction of sp³-hybridized carbons (Fsp3) is 0.833. The van der Waals surface area contributed by atoms with Crippen molar-refractivity contribution in [2.24, 2.45) is 0 Å². The zero-order valence-corrected chi connectivity index (χ0v) is 11.9. The minimum absolute atomic E-state index is 0. The van der Waals surface area contributed by atoms with Gasteiger partial charge in [-0.25, -0.2) is 0 Å². The molecule has 2 heterocycles. The van der Waals surface area contributed by atoms with Crippen LogP contribution in [0, 0.1) is 12.8 Å². The van der Waals surface area contributed by atoms with Crippen molar-refractivity contribution in [1.82, 2.24) is 0 Å². The molecule has 2 aliphatic heterocycles. The van der Waals surface area contributed by atoms with Gasteiger partial charge in [-0.15, -0.1) is 12.8 Å². The molecule has 83 valence electrons.